The molecule has 1 aliphatic heterocycles. The lowest BCUT2D eigenvalue weighted by atomic mass is 9.82. The summed E-state index contributed by atoms with van der Waals surface area (Å²) in [5.41, 5.74) is 0.0924. The van der Waals surface area contributed by atoms with Crippen LogP contribution in [0.25, 0.3) is 10.9 Å². The lowest BCUT2D eigenvalue weighted by Crippen LogP contribution is -2.38. The normalized spacial score (nSPS) is 24.9. The number of likely N-dealkylation sites (N-methyl/N-ethyl adjacent to an activating group) is 1. The van der Waals surface area contributed by atoms with Crippen molar-refractivity contribution in [3.63, 3.8) is 0 Å². The van der Waals surface area contributed by atoms with E-state index in [4.69, 9.17) is 6.42 Å². The molecule has 31 heavy (non-hydrogen) atoms. The van der Waals surface area contributed by atoms with Crippen LogP contribution in [0.3, 0.4) is 0 Å². The van der Waals surface area contributed by atoms with E-state index in [0.717, 1.165) is 19.3 Å². The van der Waals surface area contributed by atoms with Gasteiger partial charge in [-0.25, -0.2) is 9.18 Å². The first-order chi connectivity index (χ1) is 14.9. The molecule has 1 aromatic heterocycles. The predicted molar refractivity (Wildman–Crippen MR) is 117 cm³/mol. The summed E-state index contributed by atoms with van der Waals surface area (Å²) >= 11 is 0. The summed E-state index contributed by atoms with van der Waals surface area (Å²) in [6, 6.07) is 1.48. The van der Waals surface area contributed by atoms with Gasteiger partial charge in [-0.15, -0.1) is 6.42 Å². The lowest BCUT2D eigenvalue weighted by molar-refractivity contribution is 0.0695. The van der Waals surface area contributed by atoms with Crippen molar-refractivity contribution in [1.82, 2.24) is 9.88 Å². The van der Waals surface area contributed by atoms with Crippen LogP contribution in [0.2, 0.25) is 0 Å². The second-order valence-corrected chi connectivity index (χ2v) is 8.75. The van der Waals surface area contributed by atoms with Gasteiger partial charge in [-0.3, -0.25) is 4.79 Å². The SMILES string of the molecule is C#Cc1c(N2CC3CC=CC(NC)C3C2)c(F)cc2c(=O)c(C(=O)O)cn(C3CC3)c12. The first-order valence-electron chi connectivity index (χ1n) is 10.6. The minimum Gasteiger partial charge on any atom is -0.477 e. The highest BCUT2D eigenvalue weighted by Gasteiger charge is 2.40. The third-order valence-corrected chi connectivity index (χ3v) is 6.94. The van der Waals surface area contributed by atoms with Crippen LogP contribution >= 0.6 is 0 Å². The van der Waals surface area contributed by atoms with E-state index in [1.165, 1.54) is 12.3 Å². The zero-order valence-electron chi connectivity index (χ0n) is 17.3. The zero-order valence-corrected chi connectivity index (χ0v) is 17.3. The van der Waals surface area contributed by atoms with Gasteiger partial charge in [0.1, 0.15) is 11.4 Å². The van der Waals surface area contributed by atoms with Gasteiger partial charge in [-0.1, -0.05) is 18.1 Å². The van der Waals surface area contributed by atoms with Crippen LogP contribution in [0.1, 0.15) is 41.2 Å². The average Bonchev–Trinajstić information content (AvgIpc) is 3.50. The number of fused-ring (bicyclic) bond motifs is 2. The van der Waals surface area contributed by atoms with E-state index in [2.05, 4.69) is 23.4 Å². The van der Waals surface area contributed by atoms with Crippen LogP contribution in [0, 0.1) is 30.0 Å². The monoisotopic (exact) mass is 421 g/mol. The number of benzene rings is 1. The molecule has 3 atom stereocenters. The smallest absolute Gasteiger partial charge is 0.341 e. The van der Waals surface area contributed by atoms with Gasteiger partial charge in [0.2, 0.25) is 5.43 Å². The van der Waals surface area contributed by atoms with Gasteiger partial charge in [-0.05, 0) is 38.3 Å². The molecule has 2 N–H and O–H groups in total. The van der Waals surface area contributed by atoms with E-state index < -0.39 is 17.2 Å². The molecule has 2 fully saturated rings. The molecule has 1 saturated heterocycles. The van der Waals surface area contributed by atoms with Crippen molar-refractivity contribution >= 4 is 22.6 Å². The molecule has 3 aliphatic rings. The summed E-state index contributed by atoms with van der Waals surface area (Å²) < 4.78 is 17.3. The quantitative estimate of drug-likeness (QED) is 0.587. The first kappa shape index (κ1) is 19.8. The van der Waals surface area contributed by atoms with Crippen molar-refractivity contribution < 1.29 is 14.3 Å². The number of hydrogen-bond acceptors (Lipinski definition) is 4. The van der Waals surface area contributed by atoms with Crippen LogP contribution in [0.4, 0.5) is 10.1 Å². The Morgan fingerprint density at radius 2 is 2.13 bits per heavy atom. The fourth-order valence-electron chi connectivity index (χ4n) is 5.31. The van der Waals surface area contributed by atoms with Gasteiger partial charge in [0.05, 0.1) is 22.2 Å². The Labute approximate surface area is 179 Å². The summed E-state index contributed by atoms with van der Waals surface area (Å²) in [5, 5.41) is 12.8. The molecule has 2 aliphatic carbocycles. The van der Waals surface area contributed by atoms with E-state index >= 15 is 4.39 Å². The maximum Gasteiger partial charge on any atom is 0.341 e. The van der Waals surface area contributed by atoms with Crippen molar-refractivity contribution in [3.05, 3.63) is 51.6 Å². The molecule has 7 heteroatoms. The molecule has 0 spiro atoms. The number of hydrogen-bond donors (Lipinski definition) is 2. The molecule has 2 heterocycles. The molecule has 5 rings (SSSR count). The average molecular weight is 421 g/mol. The number of pyridine rings is 1. The number of carboxylic acids is 1. The maximum absolute atomic E-state index is 15.5. The molecular weight excluding hydrogens is 397 g/mol. The largest absolute Gasteiger partial charge is 0.477 e. The van der Waals surface area contributed by atoms with Crippen molar-refractivity contribution in [2.75, 3.05) is 25.0 Å². The van der Waals surface area contributed by atoms with Crippen LogP contribution in [-0.2, 0) is 0 Å². The Morgan fingerprint density at radius 3 is 2.77 bits per heavy atom. The minimum atomic E-state index is -1.32. The number of terminal acetylenes is 1. The molecule has 3 unspecified atom stereocenters. The Balaban J connectivity index is 1.71. The number of allylic oxidation sites excluding steroid dienone is 1. The Hall–Kier alpha value is -3.11. The molecule has 6 nitrogen and oxygen atoms in total. The number of halogens is 1. The number of aromatic carboxylic acids is 1. The van der Waals surface area contributed by atoms with E-state index in [-0.39, 0.29) is 23.0 Å². The summed E-state index contributed by atoms with van der Waals surface area (Å²) in [4.78, 5) is 26.5. The molecular formula is C24H24FN3O3. The van der Waals surface area contributed by atoms with Gasteiger partial charge >= 0.3 is 5.97 Å². The van der Waals surface area contributed by atoms with Gasteiger partial charge in [0, 0.05) is 37.3 Å². The fraction of sp³-hybridized carbons (Fsp3) is 0.417. The standard InChI is InChI=1S/C24H24FN3O3/c1-3-15-21-16(23(29)18(24(30)31)12-28(21)14-7-8-14)9-19(25)22(15)27-10-13-5-4-6-20(26-2)17(13)11-27/h1,4,6,9,12-14,17,20,26H,5,7-8,10-11H2,2H3,(H,30,31). The second kappa shape index (κ2) is 7.24. The second-order valence-electron chi connectivity index (χ2n) is 8.75. The van der Waals surface area contributed by atoms with E-state index in [1.54, 1.807) is 4.57 Å². The molecule has 0 radical (unpaired) electrons. The molecule has 160 valence electrons. The number of carboxylic acid groups (broad SMARTS) is 1. The van der Waals surface area contributed by atoms with Gasteiger partial charge < -0.3 is 19.9 Å². The molecule has 1 saturated carbocycles. The first-order valence-corrected chi connectivity index (χ1v) is 10.6. The Bertz CT molecular complexity index is 1220. The highest BCUT2D eigenvalue weighted by Crippen LogP contribution is 2.42. The Morgan fingerprint density at radius 1 is 1.35 bits per heavy atom. The Kier molecular flexibility index (Phi) is 4.63. The minimum absolute atomic E-state index is 0.0346. The lowest BCUT2D eigenvalue weighted by Gasteiger charge is -2.28. The van der Waals surface area contributed by atoms with Crippen molar-refractivity contribution in [1.29, 1.82) is 0 Å². The number of nitrogens with zero attached hydrogens (tertiary/aromatic N) is 2. The third kappa shape index (κ3) is 3.05. The van der Waals surface area contributed by atoms with Crippen LogP contribution < -0.4 is 15.6 Å². The predicted octanol–water partition coefficient (Wildman–Crippen LogP) is 2.76. The zero-order chi connectivity index (χ0) is 21.9. The molecule has 0 bridgehead atoms. The number of anilines is 1. The highest BCUT2D eigenvalue weighted by atomic mass is 19.1. The van der Waals surface area contributed by atoms with Gasteiger partial charge in [-0.2, -0.15) is 0 Å². The number of aromatic nitrogens is 1. The molecule has 2 aromatic rings. The van der Waals surface area contributed by atoms with Crippen LogP contribution in [-0.4, -0.2) is 41.8 Å². The van der Waals surface area contributed by atoms with Crippen LogP contribution in [0.5, 0.6) is 0 Å². The number of carbonyl (C=O) groups is 1. The number of rotatable bonds is 4. The van der Waals surface area contributed by atoms with Crippen molar-refractivity contribution in [3.8, 4) is 12.3 Å². The van der Waals surface area contributed by atoms with E-state index in [0.29, 0.717) is 41.7 Å². The summed E-state index contributed by atoms with van der Waals surface area (Å²) in [6.07, 6.45) is 14.3. The van der Waals surface area contributed by atoms with E-state index in [9.17, 15) is 14.7 Å². The summed E-state index contributed by atoms with van der Waals surface area (Å²) in [5.74, 6) is 1.49. The topological polar surface area (TPSA) is 74.6 Å². The number of nitrogens with one attached hydrogen (secondary N) is 1. The third-order valence-electron chi connectivity index (χ3n) is 6.94. The summed E-state index contributed by atoms with van der Waals surface area (Å²) in [7, 11) is 1.93. The highest BCUT2D eigenvalue weighted by molar-refractivity contribution is 5.96. The molecule has 1 aromatic carbocycles. The molecule has 0 amide bonds. The summed E-state index contributed by atoms with van der Waals surface area (Å²) in [6.45, 7) is 1.35. The maximum atomic E-state index is 15.5. The van der Waals surface area contributed by atoms with Crippen LogP contribution in [0.15, 0.2) is 29.2 Å². The van der Waals surface area contributed by atoms with Crippen molar-refractivity contribution in [2.45, 2.75) is 31.3 Å². The fourth-order valence-corrected chi connectivity index (χ4v) is 5.31. The van der Waals surface area contributed by atoms with E-state index in [1.807, 2.05) is 11.9 Å². The van der Waals surface area contributed by atoms with Gasteiger partial charge in [0.15, 0.2) is 0 Å². The van der Waals surface area contributed by atoms with Gasteiger partial charge in [0.25, 0.3) is 0 Å². The van der Waals surface area contributed by atoms with Crippen molar-refractivity contribution in [2.24, 2.45) is 11.8 Å².